The third-order valence-electron chi connectivity index (χ3n) is 2.99. The fraction of sp³-hybridized carbons (Fsp3) is 0.286. The Balaban J connectivity index is 2.11. The van der Waals surface area contributed by atoms with Crippen molar-refractivity contribution < 1.29 is 9.53 Å². The van der Waals surface area contributed by atoms with E-state index in [-0.39, 0.29) is 17.2 Å². The van der Waals surface area contributed by atoms with Gasteiger partial charge in [0.25, 0.3) is 0 Å². The first-order valence-electron chi connectivity index (χ1n) is 6.59. The van der Waals surface area contributed by atoms with Crippen molar-refractivity contribution in [1.29, 1.82) is 10.7 Å². The van der Waals surface area contributed by atoms with E-state index in [9.17, 15) is 4.79 Å². The zero-order valence-corrected chi connectivity index (χ0v) is 13.4. The Morgan fingerprint density at radius 3 is 2.74 bits per heavy atom. The monoisotopic (exact) mass is 330 g/mol. The van der Waals surface area contributed by atoms with Gasteiger partial charge in [-0.15, -0.1) is 5.10 Å². The highest BCUT2D eigenvalue weighted by Gasteiger charge is 2.21. The molecule has 1 atom stereocenters. The molecule has 0 spiro atoms. The Morgan fingerprint density at radius 2 is 2.17 bits per heavy atom. The number of tetrazole rings is 1. The van der Waals surface area contributed by atoms with Gasteiger partial charge in [-0.2, -0.15) is 9.94 Å². The molecule has 2 aromatic rings. The van der Waals surface area contributed by atoms with Gasteiger partial charge in [-0.1, -0.05) is 11.8 Å². The molecule has 0 aliphatic rings. The number of hydrogen-bond donors (Lipinski definition) is 1. The van der Waals surface area contributed by atoms with E-state index in [1.54, 1.807) is 31.4 Å². The predicted octanol–water partition coefficient (Wildman–Crippen LogP) is 1.51. The van der Waals surface area contributed by atoms with Gasteiger partial charge in [-0.25, -0.2) is 0 Å². The third-order valence-corrected chi connectivity index (χ3v) is 3.93. The van der Waals surface area contributed by atoms with Crippen LogP contribution in [0.3, 0.4) is 0 Å². The van der Waals surface area contributed by atoms with Gasteiger partial charge in [-0.05, 0) is 41.6 Å². The topological polar surface area (TPSA) is 118 Å². The van der Waals surface area contributed by atoms with E-state index in [4.69, 9.17) is 15.4 Å². The Bertz CT molecular complexity index is 749. The number of nitrogens with zero attached hydrogens (tertiary/aromatic N) is 5. The van der Waals surface area contributed by atoms with Crippen molar-refractivity contribution in [2.45, 2.75) is 12.1 Å². The minimum absolute atomic E-state index is 0.0188. The average Bonchev–Trinajstić information content (AvgIpc) is 3.01. The van der Waals surface area contributed by atoms with Gasteiger partial charge in [0.1, 0.15) is 11.7 Å². The van der Waals surface area contributed by atoms with E-state index < -0.39 is 5.92 Å². The second-order valence-electron chi connectivity index (χ2n) is 4.57. The third kappa shape index (κ3) is 3.92. The summed E-state index contributed by atoms with van der Waals surface area (Å²) in [4.78, 5) is 12.0. The van der Waals surface area contributed by atoms with Gasteiger partial charge < -0.3 is 10.1 Å². The van der Waals surface area contributed by atoms with Crippen LogP contribution in [0.1, 0.15) is 6.92 Å². The van der Waals surface area contributed by atoms with Crippen molar-refractivity contribution >= 4 is 23.3 Å². The second kappa shape index (κ2) is 7.51. The lowest BCUT2D eigenvalue weighted by Gasteiger charge is -2.07. The highest BCUT2D eigenvalue weighted by atomic mass is 32.2. The number of Topliss-reactive ketones (excluding diaryl/α,β-unsaturated/α-hetero) is 1. The molecule has 1 unspecified atom stereocenters. The van der Waals surface area contributed by atoms with E-state index in [1.165, 1.54) is 11.6 Å². The summed E-state index contributed by atoms with van der Waals surface area (Å²) in [7, 11) is 1.58. The lowest BCUT2D eigenvalue weighted by Crippen LogP contribution is -2.21. The molecule has 23 heavy (non-hydrogen) atoms. The molecule has 1 aromatic heterocycles. The first kappa shape index (κ1) is 16.6. The van der Waals surface area contributed by atoms with Crippen LogP contribution in [-0.2, 0) is 4.79 Å². The Kier molecular flexibility index (Phi) is 5.43. The number of carbonyl (C=O) groups excluding carboxylic acids is 1. The maximum atomic E-state index is 12.0. The molecule has 0 saturated heterocycles. The number of nitrogens with one attached hydrogen (secondary N) is 1. The molecular formula is C14H14N6O2S. The normalized spacial score (nSPS) is 11.5. The van der Waals surface area contributed by atoms with Crippen molar-refractivity contribution in [2.75, 3.05) is 12.9 Å². The summed E-state index contributed by atoms with van der Waals surface area (Å²) in [6, 6.07) is 8.97. The van der Waals surface area contributed by atoms with Crippen LogP contribution < -0.4 is 4.74 Å². The standard InChI is InChI=1S/C14H14N6O2S/c1-9(16)12(7-15)13(21)8-23-14-17-18-19-20(14)10-3-5-11(22-2)6-4-10/h3-6,12,16H,8H2,1-2H3. The fourth-order valence-corrected chi connectivity index (χ4v) is 2.58. The molecule has 118 valence electrons. The molecule has 1 heterocycles. The van der Waals surface area contributed by atoms with Crippen molar-refractivity contribution in [3.8, 4) is 17.5 Å². The number of ether oxygens (including phenoxy) is 1. The number of hydrogen-bond acceptors (Lipinski definition) is 8. The number of rotatable bonds is 7. The summed E-state index contributed by atoms with van der Waals surface area (Å²) in [6.07, 6.45) is 0. The summed E-state index contributed by atoms with van der Waals surface area (Å²) >= 11 is 1.13. The Hall–Kier alpha value is -2.73. The SMILES string of the molecule is COc1ccc(-n2nnnc2SCC(=O)C(C#N)C(C)=N)cc1. The Labute approximate surface area is 137 Å². The minimum Gasteiger partial charge on any atom is -0.497 e. The summed E-state index contributed by atoms with van der Waals surface area (Å²) in [5.74, 6) is -0.628. The molecule has 0 amide bonds. The summed E-state index contributed by atoms with van der Waals surface area (Å²) in [5, 5.41) is 28.2. The number of thioether (sulfide) groups is 1. The minimum atomic E-state index is -1.02. The number of aromatic nitrogens is 4. The first-order valence-corrected chi connectivity index (χ1v) is 7.58. The zero-order chi connectivity index (χ0) is 16.8. The van der Waals surface area contributed by atoms with E-state index >= 15 is 0 Å². The Morgan fingerprint density at radius 1 is 1.48 bits per heavy atom. The number of methoxy groups -OCH3 is 1. The van der Waals surface area contributed by atoms with Crippen LogP contribution in [0.4, 0.5) is 0 Å². The smallest absolute Gasteiger partial charge is 0.214 e. The highest BCUT2D eigenvalue weighted by molar-refractivity contribution is 7.99. The molecule has 2 rings (SSSR count). The molecule has 0 bridgehead atoms. The van der Waals surface area contributed by atoms with Crippen LogP contribution in [0, 0.1) is 22.7 Å². The molecule has 1 N–H and O–H groups in total. The molecule has 8 nitrogen and oxygen atoms in total. The van der Waals surface area contributed by atoms with Crippen molar-refractivity contribution in [1.82, 2.24) is 20.2 Å². The van der Waals surface area contributed by atoms with Gasteiger partial charge in [0.05, 0.1) is 24.6 Å². The van der Waals surface area contributed by atoms with Gasteiger partial charge in [0.2, 0.25) is 5.16 Å². The lowest BCUT2D eigenvalue weighted by atomic mass is 10.0. The molecule has 1 aromatic carbocycles. The van der Waals surface area contributed by atoms with Crippen molar-refractivity contribution in [2.24, 2.45) is 5.92 Å². The van der Waals surface area contributed by atoms with E-state index in [2.05, 4.69) is 15.5 Å². The van der Waals surface area contributed by atoms with Crippen LogP contribution in [-0.4, -0.2) is 44.6 Å². The summed E-state index contributed by atoms with van der Waals surface area (Å²) in [6.45, 7) is 1.44. The number of benzene rings is 1. The predicted molar refractivity (Wildman–Crippen MR) is 83.9 cm³/mol. The number of nitriles is 1. The maximum Gasteiger partial charge on any atom is 0.214 e. The van der Waals surface area contributed by atoms with Crippen LogP contribution in [0.15, 0.2) is 29.4 Å². The zero-order valence-electron chi connectivity index (χ0n) is 12.6. The van der Waals surface area contributed by atoms with E-state index in [1.807, 2.05) is 6.07 Å². The first-order chi connectivity index (χ1) is 11.1. The molecule has 0 radical (unpaired) electrons. The molecular weight excluding hydrogens is 316 g/mol. The highest BCUT2D eigenvalue weighted by Crippen LogP contribution is 2.21. The van der Waals surface area contributed by atoms with Crippen LogP contribution in [0.25, 0.3) is 5.69 Å². The molecule has 0 saturated carbocycles. The van der Waals surface area contributed by atoms with Gasteiger partial charge in [0.15, 0.2) is 5.78 Å². The van der Waals surface area contributed by atoms with Crippen LogP contribution in [0.2, 0.25) is 0 Å². The maximum absolute atomic E-state index is 12.0. The van der Waals surface area contributed by atoms with Crippen LogP contribution in [0.5, 0.6) is 5.75 Å². The van der Waals surface area contributed by atoms with Crippen LogP contribution >= 0.6 is 11.8 Å². The fourth-order valence-electron chi connectivity index (χ4n) is 1.78. The molecule has 0 aliphatic carbocycles. The summed E-state index contributed by atoms with van der Waals surface area (Å²) in [5.41, 5.74) is 0.763. The molecule has 9 heteroatoms. The molecule has 0 fully saturated rings. The van der Waals surface area contributed by atoms with Crippen molar-refractivity contribution in [3.63, 3.8) is 0 Å². The quantitative estimate of drug-likeness (QED) is 0.604. The van der Waals surface area contributed by atoms with E-state index in [0.29, 0.717) is 10.9 Å². The molecule has 0 aliphatic heterocycles. The van der Waals surface area contributed by atoms with Gasteiger partial charge in [-0.3, -0.25) is 4.79 Å². The number of carbonyl (C=O) groups is 1. The van der Waals surface area contributed by atoms with Gasteiger partial charge in [0, 0.05) is 5.71 Å². The van der Waals surface area contributed by atoms with Gasteiger partial charge >= 0.3 is 0 Å². The summed E-state index contributed by atoms with van der Waals surface area (Å²) < 4.78 is 6.59. The lowest BCUT2D eigenvalue weighted by molar-refractivity contribution is -0.117. The van der Waals surface area contributed by atoms with Crippen molar-refractivity contribution in [3.05, 3.63) is 24.3 Å². The average molecular weight is 330 g/mol. The largest absolute Gasteiger partial charge is 0.497 e. The number of ketones is 1. The second-order valence-corrected chi connectivity index (χ2v) is 5.51. The van der Waals surface area contributed by atoms with E-state index in [0.717, 1.165) is 17.4 Å².